The number of benzene rings is 5. The van der Waals surface area contributed by atoms with Crippen molar-refractivity contribution < 1.29 is 9.59 Å². The Morgan fingerprint density at radius 3 is 1.98 bits per heavy atom. The SMILES string of the molecule is Nc1[nH]c(C(=O)c2ccccc2)c(-c2cccc3ccccc23)c1C(=O)c1c(-c2ccccc2)[nH]c2ccccc12. The van der Waals surface area contributed by atoms with Crippen molar-refractivity contribution in [3.05, 3.63) is 150 Å². The summed E-state index contributed by atoms with van der Waals surface area (Å²) in [6.07, 6.45) is 0. The van der Waals surface area contributed by atoms with E-state index in [1.54, 1.807) is 12.1 Å². The molecule has 0 aliphatic rings. The molecule has 0 amide bonds. The number of aromatic amines is 2. The van der Waals surface area contributed by atoms with Gasteiger partial charge in [-0.05, 0) is 28.0 Å². The first kappa shape index (κ1) is 24.4. The third kappa shape index (κ3) is 4.03. The van der Waals surface area contributed by atoms with Crippen LogP contribution >= 0.6 is 0 Å². The molecule has 7 aromatic rings. The fourth-order valence-corrected chi connectivity index (χ4v) is 5.70. The number of H-pyrrole nitrogens is 2. The lowest BCUT2D eigenvalue weighted by Gasteiger charge is -2.12. The van der Waals surface area contributed by atoms with Gasteiger partial charge in [-0.3, -0.25) is 9.59 Å². The Morgan fingerprint density at radius 2 is 1.20 bits per heavy atom. The highest BCUT2D eigenvalue weighted by atomic mass is 16.1. The Morgan fingerprint density at radius 1 is 0.561 bits per heavy atom. The fourth-order valence-electron chi connectivity index (χ4n) is 5.70. The van der Waals surface area contributed by atoms with E-state index in [-0.39, 0.29) is 28.6 Å². The van der Waals surface area contributed by atoms with E-state index < -0.39 is 0 Å². The summed E-state index contributed by atoms with van der Waals surface area (Å²) in [6, 6.07) is 40.4. The lowest BCUT2D eigenvalue weighted by atomic mass is 9.89. The van der Waals surface area contributed by atoms with Gasteiger partial charge in [0.2, 0.25) is 5.78 Å². The smallest absolute Gasteiger partial charge is 0.209 e. The highest BCUT2D eigenvalue weighted by molar-refractivity contribution is 6.27. The van der Waals surface area contributed by atoms with Gasteiger partial charge in [0.05, 0.1) is 22.5 Å². The molecular formula is C36H25N3O2. The van der Waals surface area contributed by atoms with E-state index in [1.807, 2.05) is 115 Å². The number of nitrogen functional groups attached to an aromatic ring is 1. The van der Waals surface area contributed by atoms with Gasteiger partial charge >= 0.3 is 0 Å². The first-order valence-corrected chi connectivity index (χ1v) is 13.4. The molecule has 5 aromatic carbocycles. The summed E-state index contributed by atoms with van der Waals surface area (Å²) >= 11 is 0. The Labute approximate surface area is 236 Å². The van der Waals surface area contributed by atoms with Crippen LogP contribution in [0.1, 0.15) is 32.0 Å². The van der Waals surface area contributed by atoms with Gasteiger partial charge in [0.1, 0.15) is 5.82 Å². The van der Waals surface area contributed by atoms with E-state index in [0.29, 0.717) is 22.4 Å². The van der Waals surface area contributed by atoms with Crippen LogP contribution in [-0.4, -0.2) is 21.5 Å². The summed E-state index contributed by atoms with van der Waals surface area (Å²) < 4.78 is 0. The van der Waals surface area contributed by atoms with Crippen LogP contribution in [0.5, 0.6) is 0 Å². The molecule has 0 saturated carbocycles. The second-order valence-corrected chi connectivity index (χ2v) is 10.0. The number of hydrogen-bond donors (Lipinski definition) is 3. The number of hydrogen-bond acceptors (Lipinski definition) is 3. The molecule has 0 atom stereocenters. The maximum Gasteiger partial charge on any atom is 0.209 e. The first-order chi connectivity index (χ1) is 20.1. The topological polar surface area (TPSA) is 91.7 Å². The highest BCUT2D eigenvalue weighted by Gasteiger charge is 2.31. The number of aromatic nitrogens is 2. The molecule has 0 bridgehead atoms. The second kappa shape index (κ2) is 9.81. The summed E-state index contributed by atoms with van der Waals surface area (Å²) in [7, 11) is 0. The third-order valence-corrected chi connectivity index (χ3v) is 7.57. The second-order valence-electron chi connectivity index (χ2n) is 10.0. The van der Waals surface area contributed by atoms with E-state index in [1.165, 1.54) is 0 Å². The van der Waals surface area contributed by atoms with E-state index in [2.05, 4.69) is 9.97 Å². The van der Waals surface area contributed by atoms with Crippen LogP contribution in [0.3, 0.4) is 0 Å². The number of fused-ring (bicyclic) bond motifs is 2. The Hall–Kier alpha value is -5.68. The molecule has 7 rings (SSSR count). The maximum absolute atomic E-state index is 14.8. The predicted octanol–water partition coefficient (Wildman–Crippen LogP) is 8.03. The monoisotopic (exact) mass is 531 g/mol. The van der Waals surface area contributed by atoms with E-state index in [9.17, 15) is 9.59 Å². The number of para-hydroxylation sites is 1. The van der Waals surface area contributed by atoms with Crippen molar-refractivity contribution in [3.63, 3.8) is 0 Å². The molecule has 0 fully saturated rings. The minimum absolute atomic E-state index is 0.154. The van der Waals surface area contributed by atoms with Gasteiger partial charge in [-0.2, -0.15) is 0 Å². The molecule has 0 unspecified atom stereocenters. The zero-order valence-corrected chi connectivity index (χ0v) is 22.0. The quantitative estimate of drug-likeness (QED) is 0.190. The molecule has 0 radical (unpaired) electrons. The van der Waals surface area contributed by atoms with Crippen LogP contribution in [-0.2, 0) is 0 Å². The molecule has 196 valence electrons. The van der Waals surface area contributed by atoms with Gasteiger partial charge in [0.15, 0.2) is 5.78 Å². The Kier molecular flexibility index (Phi) is 5.83. The summed E-state index contributed by atoms with van der Waals surface area (Å²) in [5.74, 6) is -0.340. The number of rotatable bonds is 6. The molecule has 4 N–H and O–H groups in total. The van der Waals surface area contributed by atoms with Crippen molar-refractivity contribution in [1.82, 2.24) is 9.97 Å². The van der Waals surface area contributed by atoms with Crippen molar-refractivity contribution in [2.75, 3.05) is 5.73 Å². The standard InChI is InChI=1S/C36H25N3O2/c37-36-31(35(41)30-27-19-9-10-21-28(27)38-32(30)23-13-3-1-4-14-23)29(26-20-11-17-22-12-7-8-18-25(22)26)33(39-36)34(40)24-15-5-2-6-16-24/h1-21,38-39H,37H2. The van der Waals surface area contributed by atoms with Gasteiger partial charge < -0.3 is 15.7 Å². The molecule has 2 aromatic heterocycles. The predicted molar refractivity (Wildman–Crippen MR) is 165 cm³/mol. The summed E-state index contributed by atoms with van der Waals surface area (Å²) in [5.41, 5.74) is 11.9. The molecule has 0 aliphatic heterocycles. The minimum atomic E-state index is -0.259. The minimum Gasteiger partial charge on any atom is -0.385 e. The molecular weight excluding hydrogens is 506 g/mol. The van der Waals surface area contributed by atoms with E-state index in [4.69, 9.17) is 5.73 Å². The maximum atomic E-state index is 14.8. The van der Waals surface area contributed by atoms with Crippen molar-refractivity contribution in [1.29, 1.82) is 0 Å². The number of ketones is 2. The molecule has 0 aliphatic carbocycles. The highest BCUT2D eigenvalue weighted by Crippen LogP contribution is 2.41. The zero-order chi connectivity index (χ0) is 27.9. The molecule has 2 heterocycles. The van der Waals surface area contributed by atoms with Gasteiger partial charge in [-0.1, -0.05) is 121 Å². The van der Waals surface area contributed by atoms with E-state index >= 15 is 0 Å². The summed E-state index contributed by atoms with van der Waals surface area (Å²) in [6.45, 7) is 0. The van der Waals surface area contributed by atoms with Crippen LogP contribution in [0.25, 0.3) is 44.1 Å². The average molecular weight is 532 g/mol. The van der Waals surface area contributed by atoms with Gasteiger partial charge in [0.25, 0.3) is 0 Å². The van der Waals surface area contributed by atoms with Crippen molar-refractivity contribution in [3.8, 4) is 22.4 Å². The molecule has 5 nitrogen and oxygen atoms in total. The van der Waals surface area contributed by atoms with Crippen molar-refractivity contribution in [2.24, 2.45) is 0 Å². The molecule has 0 spiro atoms. The number of carbonyl (C=O) groups excluding carboxylic acids is 2. The summed E-state index contributed by atoms with van der Waals surface area (Å²) in [5, 5.41) is 2.71. The third-order valence-electron chi connectivity index (χ3n) is 7.57. The fraction of sp³-hybridized carbons (Fsp3) is 0. The van der Waals surface area contributed by atoms with Crippen molar-refractivity contribution in [2.45, 2.75) is 0 Å². The largest absolute Gasteiger partial charge is 0.385 e. The van der Waals surface area contributed by atoms with Crippen LogP contribution < -0.4 is 5.73 Å². The van der Waals surface area contributed by atoms with Crippen molar-refractivity contribution >= 4 is 39.1 Å². The Balaban J connectivity index is 1.54. The number of nitrogens with two attached hydrogens (primary N) is 1. The average Bonchev–Trinajstić information content (AvgIpc) is 3.59. The van der Waals surface area contributed by atoms with Gasteiger partial charge in [-0.15, -0.1) is 0 Å². The number of nitrogens with one attached hydrogen (secondary N) is 2. The van der Waals surface area contributed by atoms with Gasteiger partial charge in [0, 0.05) is 22.0 Å². The first-order valence-electron chi connectivity index (χ1n) is 13.4. The van der Waals surface area contributed by atoms with Gasteiger partial charge in [-0.25, -0.2) is 0 Å². The van der Waals surface area contributed by atoms with Crippen LogP contribution in [0.4, 0.5) is 5.82 Å². The summed E-state index contributed by atoms with van der Waals surface area (Å²) in [4.78, 5) is 35.3. The van der Waals surface area contributed by atoms with Crippen LogP contribution in [0, 0.1) is 0 Å². The number of carbonyl (C=O) groups is 2. The van der Waals surface area contributed by atoms with Crippen LogP contribution in [0.15, 0.2) is 127 Å². The van der Waals surface area contributed by atoms with E-state index in [0.717, 1.165) is 32.8 Å². The molecule has 41 heavy (non-hydrogen) atoms. The number of anilines is 1. The Bertz CT molecular complexity index is 2080. The van der Waals surface area contributed by atoms with Crippen LogP contribution in [0.2, 0.25) is 0 Å². The molecule has 5 heteroatoms. The normalized spacial score (nSPS) is 11.2. The lowest BCUT2D eigenvalue weighted by Crippen LogP contribution is -2.08. The molecule has 0 saturated heterocycles. The zero-order valence-electron chi connectivity index (χ0n) is 22.0. The lowest BCUT2D eigenvalue weighted by molar-refractivity contribution is 0.103.